The normalized spacial score (nSPS) is 18.2. The van der Waals surface area contributed by atoms with Gasteiger partial charge in [-0.2, -0.15) is 0 Å². The van der Waals surface area contributed by atoms with Gasteiger partial charge in [0.05, 0.1) is 9.50 Å². The molecule has 1 saturated heterocycles. The van der Waals surface area contributed by atoms with Crippen molar-refractivity contribution in [1.82, 2.24) is 0 Å². The Morgan fingerprint density at radius 2 is 2.00 bits per heavy atom. The van der Waals surface area contributed by atoms with E-state index in [0.29, 0.717) is 15.4 Å². The highest BCUT2D eigenvalue weighted by Crippen LogP contribution is 2.40. The summed E-state index contributed by atoms with van der Waals surface area (Å²) in [5.41, 5.74) is 6.95. The molecule has 0 amide bonds. The quantitative estimate of drug-likeness (QED) is 0.850. The van der Waals surface area contributed by atoms with Crippen LogP contribution < -0.4 is 5.73 Å². The molecule has 1 heterocycles. The van der Waals surface area contributed by atoms with Crippen molar-refractivity contribution >= 4 is 39.9 Å². The predicted molar refractivity (Wildman–Crippen MR) is 78.5 cm³/mol. The van der Waals surface area contributed by atoms with Crippen LogP contribution in [0.25, 0.3) is 0 Å². The highest BCUT2D eigenvalue weighted by Gasteiger charge is 2.25. The third kappa shape index (κ3) is 3.31. The maximum Gasteiger partial charge on any atom is 0.136 e. The van der Waals surface area contributed by atoms with Gasteiger partial charge in [0.1, 0.15) is 5.75 Å². The van der Waals surface area contributed by atoms with Crippen molar-refractivity contribution in [2.24, 2.45) is 11.7 Å². The Balaban J connectivity index is 0.00000162. The average Bonchev–Trinajstić information content (AvgIpc) is 2.36. The summed E-state index contributed by atoms with van der Waals surface area (Å²) in [6.07, 6.45) is 1.86. The number of benzene rings is 1. The molecule has 3 N–H and O–H groups in total. The first-order valence-corrected chi connectivity index (χ1v) is 6.78. The zero-order chi connectivity index (χ0) is 12.4. The summed E-state index contributed by atoms with van der Waals surface area (Å²) in [6.45, 7) is 1.49. The second-order valence-electron chi connectivity index (χ2n) is 4.27. The lowest BCUT2D eigenvalue weighted by atomic mass is 9.87. The smallest absolute Gasteiger partial charge is 0.136 e. The molecule has 0 bridgehead atoms. The van der Waals surface area contributed by atoms with Gasteiger partial charge in [0.15, 0.2) is 0 Å². The van der Waals surface area contributed by atoms with Crippen LogP contribution in [0.3, 0.4) is 0 Å². The molecule has 1 aliphatic heterocycles. The van der Waals surface area contributed by atoms with Gasteiger partial charge in [0.25, 0.3) is 0 Å². The van der Waals surface area contributed by atoms with E-state index in [1.54, 1.807) is 12.1 Å². The zero-order valence-corrected chi connectivity index (χ0v) is 12.9. The van der Waals surface area contributed by atoms with E-state index in [1.165, 1.54) is 0 Å². The van der Waals surface area contributed by atoms with Crippen LogP contribution in [0.2, 0.25) is 5.02 Å². The number of halogens is 3. The summed E-state index contributed by atoms with van der Waals surface area (Å²) >= 11 is 9.17. The summed E-state index contributed by atoms with van der Waals surface area (Å²) in [4.78, 5) is 0. The molecule has 18 heavy (non-hydrogen) atoms. The highest BCUT2D eigenvalue weighted by atomic mass is 79.9. The van der Waals surface area contributed by atoms with Crippen molar-refractivity contribution in [2.75, 3.05) is 13.2 Å². The number of ether oxygens (including phenoxy) is 1. The minimum absolute atomic E-state index is 0. The van der Waals surface area contributed by atoms with Gasteiger partial charge in [0.2, 0.25) is 0 Å². The number of phenolic OH excluding ortho intramolecular Hbond substituents is 1. The largest absolute Gasteiger partial charge is 0.506 e. The van der Waals surface area contributed by atoms with Crippen LogP contribution in [0.5, 0.6) is 5.75 Å². The van der Waals surface area contributed by atoms with Crippen molar-refractivity contribution in [2.45, 2.75) is 18.9 Å². The number of rotatable bonds is 2. The van der Waals surface area contributed by atoms with Crippen LogP contribution in [-0.2, 0) is 4.74 Å². The molecule has 0 unspecified atom stereocenters. The first-order chi connectivity index (χ1) is 8.11. The lowest BCUT2D eigenvalue weighted by Gasteiger charge is -2.28. The number of hydrogen-bond donors (Lipinski definition) is 2. The summed E-state index contributed by atoms with van der Waals surface area (Å²) in [6, 6.07) is 3.37. The number of phenols is 1. The van der Waals surface area contributed by atoms with Crippen molar-refractivity contribution < 1.29 is 9.84 Å². The van der Waals surface area contributed by atoms with Gasteiger partial charge >= 0.3 is 0 Å². The Labute approximate surface area is 126 Å². The Morgan fingerprint density at radius 1 is 1.39 bits per heavy atom. The molecular weight excluding hydrogens is 341 g/mol. The van der Waals surface area contributed by atoms with Crippen LogP contribution in [-0.4, -0.2) is 18.3 Å². The van der Waals surface area contributed by atoms with Crippen molar-refractivity contribution in [3.63, 3.8) is 0 Å². The van der Waals surface area contributed by atoms with Crippen molar-refractivity contribution in [1.29, 1.82) is 0 Å². The average molecular weight is 357 g/mol. The summed E-state index contributed by atoms with van der Waals surface area (Å²) in [5, 5.41) is 10.5. The van der Waals surface area contributed by atoms with Gasteiger partial charge in [-0.25, -0.2) is 0 Å². The lowest BCUT2D eigenvalue weighted by Crippen LogP contribution is -2.27. The number of nitrogens with two attached hydrogens (primary N) is 1. The van der Waals surface area contributed by atoms with E-state index >= 15 is 0 Å². The Hall–Kier alpha value is -0.0000000000000000763. The second-order valence-corrected chi connectivity index (χ2v) is 5.47. The molecule has 1 fully saturated rings. The molecule has 3 nitrogen and oxygen atoms in total. The molecule has 1 aromatic rings. The molecule has 2 rings (SSSR count). The molecular formula is C12H16BrCl2NO2. The van der Waals surface area contributed by atoms with Gasteiger partial charge in [0, 0.05) is 24.8 Å². The molecule has 0 aliphatic carbocycles. The van der Waals surface area contributed by atoms with E-state index in [2.05, 4.69) is 15.9 Å². The van der Waals surface area contributed by atoms with Crippen LogP contribution in [0.15, 0.2) is 16.6 Å². The maximum absolute atomic E-state index is 10.0. The molecule has 0 radical (unpaired) electrons. The maximum atomic E-state index is 10.0. The molecule has 102 valence electrons. The molecule has 6 heteroatoms. The van der Waals surface area contributed by atoms with E-state index in [-0.39, 0.29) is 24.2 Å². The summed E-state index contributed by atoms with van der Waals surface area (Å²) in [7, 11) is 0. The SMILES string of the molecule is Cl.N[C@@H](c1ccc(Cl)c(Br)c1O)C1CCOCC1. The Morgan fingerprint density at radius 3 is 2.61 bits per heavy atom. The molecule has 0 spiro atoms. The first-order valence-electron chi connectivity index (χ1n) is 5.61. The van der Waals surface area contributed by atoms with E-state index in [9.17, 15) is 5.11 Å². The van der Waals surface area contributed by atoms with E-state index in [0.717, 1.165) is 31.6 Å². The zero-order valence-electron chi connectivity index (χ0n) is 9.73. The number of aromatic hydroxyl groups is 1. The van der Waals surface area contributed by atoms with Gasteiger partial charge in [-0.15, -0.1) is 12.4 Å². The number of hydrogen-bond acceptors (Lipinski definition) is 3. The molecule has 1 aromatic carbocycles. The fourth-order valence-corrected chi connectivity index (χ4v) is 2.67. The van der Waals surface area contributed by atoms with E-state index in [1.807, 2.05) is 0 Å². The van der Waals surface area contributed by atoms with Crippen molar-refractivity contribution in [3.05, 3.63) is 27.2 Å². The van der Waals surface area contributed by atoms with Gasteiger partial charge < -0.3 is 15.6 Å². The topological polar surface area (TPSA) is 55.5 Å². The third-order valence-electron chi connectivity index (χ3n) is 3.23. The third-order valence-corrected chi connectivity index (χ3v) is 4.58. The minimum atomic E-state index is -0.174. The fourth-order valence-electron chi connectivity index (χ4n) is 2.15. The summed E-state index contributed by atoms with van der Waals surface area (Å²) in [5.74, 6) is 0.499. The first kappa shape index (κ1) is 16.1. The monoisotopic (exact) mass is 355 g/mol. The summed E-state index contributed by atoms with van der Waals surface area (Å²) < 4.78 is 5.82. The molecule has 0 aromatic heterocycles. The highest BCUT2D eigenvalue weighted by molar-refractivity contribution is 9.10. The van der Waals surface area contributed by atoms with Gasteiger partial charge in [-0.05, 0) is 40.8 Å². The minimum Gasteiger partial charge on any atom is -0.506 e. The predicted octanol–water partition coefficient (Wildman–Crippen LogP) is 3.66. The molecule has 1 atom stereocenters. The van der Waals surface area contributed by atoms with E-state index < -0.39 is 0 Å². The van der Waals surface area contributed by atoms with Crippen LogP contribution in [0.4, 0.5) is 0 Å². The fraction of sp³-hybridized carbons (Fsp3) is 0.500. The van der Waals surface area contributed by atoms with Crippen molar-refractivity contribution in [3.8, 4) is 5.75 Å². The standard InChI is InChI=1S/C12H15BrClNO2.ClH/c13-10-9(14)2-1-8(12(10)16)11(15)7-3-5-17-6-4-7;/h1-2,7,11,16H,3-6,15H2;1H/t11-;/m1./s1. The molecule has 1 aliphatic rings. The lowest BCUT2D eigenvalue weighted by molar-refractivity contribution is 0.0581. The van der Waals surface area contributed by atoms with Gasteiger partial charge in [-0.1, -0.05) is 17.7 Å². The van der Waals surface area contributed by atoms with Crippen LogP contribution in [0.1, 0.15) is 24.4 Å². The Kier molecular flexibility index (Phi) is 6.21. The van der Waals surface area contributed by atoms with Crippen LogP contribution in [0, 0.1) is 5.92 Å². The second kappa shape index (κ2) is 6.96. The molecule has 0 saturated carbocycles. The van der Waals surface area contributed by atoms with Crippen LogP contribution >= 0.6 is 39.9 Å². The van der Waals surface area contributed by atoms with E-state index in [4.69, 9.17) is 22.1 Å². The van der Waals surface area contributed by atoms with Gasteiger partial charge in [-0.3, -0.25) is 0 Å². The Bertz CT molecular complexity index is 411.